The Morgan fingerprint density at radius 2 is 2.06 bits per heavy atom. The molecule has 1 heterocycles. The highest BCUT2D eigenvalue weighted by Crippen LogP contribution is 2.14. The summed E-state index contributed by atoms with van der Waals surface area (Å²) < 4.78 is 4.85. The Kier molecular flexibility index (Phi) is 3.72. The van der Waals surface area contributed by atoms with Gasteiger partial charge in [-0.25, -0.2) is 0 Å². The van der Waals surface area contributed by atoms with E-state index in [1.807, 2.05) is 37.3 Å². The van der Waals surface area contributed by atoms with Crippen LogP contribution >= 0.6 is 0 Å². The van der Waals surface area contributed by atoms with Crippen LogP contribution in [-0.4, -0.2) is 22.6 Å². The van der Waals surface area contributed by atoms with Gasteiger partial charge in [0.2, 0.25) is 11.8 Å². The van der Waals surface area contributed by atoms with Crippen molar-refractivity contribution in [3.8, 4) is 0 Å². The van der Waals surface area contributed by atoms with Gasteiger partial charge in [-0.1, -0.05) is 23.4 Å². The van der Waals surface area contributed by atoms with Crippen molar-refractivity contribution >= 4 is 11.6 Å². The van der Waals surface area contributed by atoms with Crippen LogP contribution in [-0.2, 0) is 11.2 Å². The van der Waals surface area contributed by atoms with Crippen LogP contribution in [0, 0.1) is 6.92 Å². The Hall–Kier alpha value is -2.17. The van der Waals surface area contributed by atoms with Crippen molar-refractivity contribution in [1.29, 1.82) is 0 Å². The predicted octanol–water partition coefficient (Wildman–Crippen LogP) is 1.97. The molecule has 0 unspecified atom stereocenters. The monoisotopic (exact) mass is 245 g/mol. The van der Waals surface area contributed by atoms with Gasteiger partial charge in [0.15, 0.2) is 5.82 Å². The molecule has 0 spiro atoms. The zero-order chi connectivity index (χ0) is 13.0. The number of carbonyl (C=O) groups excluding carboxylic acids is 1. The SMILES string of the molecule is CCN(C(=O)Cc1noc(C)n1)c1ccccc1. The van der Waals surface area contributed by atoms with Gasteiger partial charge in [-0.15, -0.1) is 0 Å². The molecule has 0 bridgehead atoms. The summed E-state index contributed by atoms with van der Waals surface area (Å²) in [5.41, 5.74) is 0.880. The third kappa shape index (κ3) is 2.74. The lowest BCUT2D eigenvalue weighted by Crippen LogP contribution is -2.32. The zero-order valence-electron chi connectivity index (χ0n) is 10.5. The molecule has 5 heteroatoms. The van der Waals surface area contributed by atoms with E-state index in [-0.39, 0.29) is 12.3 Å². The van der Waals surface area contributed by atoms with Crippen LogP contribution in [0.2, 0.25) is 0 Å². The molecule has 2 rings (SSSR count). The number of likely N-dealkylation sites (N-methyl/N-ethyl adjacent to an activating group) is 1. The average molecular weight is 245 g/mol. The van der Waals surface area contributed by atoms with E-state index in [1.165, 1.54) is 0 Å². The molecule has 0 atom stereocenters. The summed E-state index contributed by atoms with van der Waals surface area (Å²) >= 11 is 0. The van der Waals surface area contributed by atoms with Gasteiger partial charge in [0.1, 0.15) is 0 Å². The van der Waals surface area contributed by atoms with E-state index in [2.05, 4.69) is 10.1 Å². The van der Waals surface area contributed by atoms with Gasteiger partial charge >= 0.3 is 0 Å². The molecule has 0 N–H and O–H groups in total. The Labute approximate surface area is 105 Å². The van der Waals surface area contributed by atoms with Crippen LogP contribution in [0.5, 0.6) is 0 Å². The molecule has 0 fully saturated rings. The van der Waals surface area contributed by atoms with Gasteiger partial charge in [0.25, 0.3) is 0 Å². The van der Waals surface area contributed by atoms with Gasteiger partial charge in [-0.2, -0.15) is 4.98 Å². The van der Waals surface area contributed by atoms with Gasteiger partial charge in [-0.3, -0.25) is 4.79 Å². The molecule has 5 nitrogen and oxygen atoms in total. The van der Waals surface area contributed by atoms with Crippen molar-refractivity contribution in [2.75, 3.05) is 11.4 Å². The number of carbonyl (C=O) groups is 1. The van der Waals surface area contributed by atoms with Crippen molar-refractivity contribution < 1.29 is 9.32 Å². The summed E-state index contributed by atoms with van der Waals surface area (Å²) in [6, 6.07) is 9.55. The minimum atomic E-state index is -0.0375. The number of rotatable bonds is 4. The lowest BCUT2D eigenvalue weighted by Gasteiger charge is -2.20. The summed E-state index contributed by atoms with van der Waals surface area (Å²) in [6.45, 7) is 4.25. The minimum absolute atomic E-state index is 0.0375. The van der Waals surface area contributed by atoms with Crippen LogP contribution in [0.15, 0.2) is 34.9 Å². The number of amides is 1. The minimum Gasteiger partial charge on any atom is -0.340 e. The zero-order valence-corrected chi connectivity index (χ0v) is 10.5. The molecule has 1 aromatic carbocycles. The number of para-hydroxylation sites is 1. The number of aryl methyl sites for hydroxylation is 1. The number of nitrogens with zero attached hydrogens (tertiary/aromatic N) is 3. The first-order valence-electron chi connectivity index (χ1n) is 5.85. The maximum absolute atomic E-state index is 12.2. The molecule has 18 heavy (non-hydrogen) atoms. The number of benzene rings is 1. The summed E-state index contributed by atoms with van der Waals surface area (Å²) in [4.78, 5) is 17.9. The molecule has 94 valence electrons. The lowest BCUT2D eigenvalue weighted by atomic mass is 10.2. The van der Waals surface area contributed by atoms with E-state index in [0.29, 0.717) is 18.3 Å². The molecule has 0 aliphatic rings. The molecular weight excluding hydrogens is 230 g/mol. The predicted molar refractivity (Wildman–Crippen MR) is 67.2 cm³/mol. The fraction of sp³-hybridized carbons (Fsp3) is 0.308. The van der Waals surface area contributed by atoms with Crippen LogP contribution in [0.1, 0.15) is 18.6 Å². The highest BCUT2D eigenvalue weighted by Gasteiger charge is 2.16. The molecule has 0 saturated carbocycles. The molecule has 0 aliphatic heterocycles. The van der Waals surface area contributed by atoms with Crippen LogP contribution < -0.4 is 4.90 Å². The molecule has 0 saturated heterocycles. The summed E-state index contributed by atoms with van der Waals surface area (Å²) in [6.07, 6.45) is 0.153. The van der Waals surface area contributed by atoms with Gasteiger partial charge in [0, 0.05) is 19.2 Å². The van der Waals surface area contributed by atoms with Crippen molar-refractivity contribution in [3.63, 3.8) is 0 Å². The summed E-state index contributed by atoms with van der Waals surface area (Å²) in [5.74, 6) is 0.858. The maximum Gasteiger partial charge on any atom is 0.234 e. The van der Waals surface area contributed by atoms with Crippen molar-refractivity contribution in [1.82, 2.24) is 10.1 Å². The van der Waals surface area contributed by atoms with Crippen molar-refractivity contribution in [2.45, 2.75) is 20.3 Å². The maximum atomic E-state index is 12.2. The fourth-order valence-corrected chi connectivity index (χ4v) is 1.75. The van der Waals surface area contributed by atoms with Crippen LogP contribution in [0.4, 0.5) is 5.69 Å². The molecule has 0 radical (unpaired) electrons. The third-order valence-corrected chi connectivity index (χ3v) is 2.56. The average Bonchev–Trinajstić information content (AvgIpc) is 2.77. The fourth-order valence-electron chi connectivity index (χ4n) is 1.75. The highest BCUT2D eigenvalue weighted by atomic mass is 16.5. The molecule has 1 amide bonds. The third-order valence-electron chi connectivity index (χ3n) is 2.56. The van der Waals surface area contributed by atoms with Crippen molar-refractivity contribution in [2.24, 2.45) is 0 Å². The van der Waals surface area contributed by atoms with E-state index in [4.69, 9.17) is 4.52 Å². The Balaban J connectivity index is 2.11. The lowest BCUT2D eigenvalue weighted by molar-refractivity contribution is -0.118. The molecule has 2 aromatic rings. The number of aromatic nitrogens is 2. The van der Waals surface area contributed by atoms with Crippen LogP contribution in [0.25, 0.3) is 0 Å². The van der Waals surface area contributed by atoms with Crippen LogP contribution in [0.3, 0.4) is 0 Å². The van der Waals surface area contributed by atoms with Gasteiger partial charge < -0.3 is 9.42 Å². The number of hydrogen-bond acceptors (Lipinski definition) is 4. The number of anilines is 1. The first-order chi connectivity index (χ1) is 8.70. The normalized spacial score (nSPS) is 10.3. The standard InChI is InChI=1S/C13H15N3O2/c1-3-16(11-7-5-4-6-8-11)13(17)9-12-14-10(2)18-15-12/h4-8H,3,9H2,1-2H3. The second-order valence-electron chi connectivity index (χ2n) is 3.88. The highest BCUT2D eigenvalue weighted by molar-refractivity contribution is 5.94. The molecule has 0 aliphatic carbocycles. The largest absolute Gasteiger partial charge is 0.340 e. The van der Waals surface area contributed by atoms with E-state index < -0.39 is 0 Å². The van der Waals surface area contributed by atoms with E-state index in [1.54, 1.807) is 11.8 Å². The molecule has 1 aromatic heterocycles. The first kappa shape index (κ1) is 12.3. The van der Waals surface area contributed by atoms with Gasteiger partial charge in [0.05, 0.1) is 6.42 Å². The Morgan fingerprint density at radius 1 is 1.33 bits per heavy atom. The summed E-state index contributed by atoms with van der Waals surface area (Å²) in [7, 11) is 0. The second-order valence-corrected chi connectivity index (χ2v) is 3.88. The Bertz CT molecular complexity index is 522. The second kappa shape index (κ2) is 5.44. The first-order valence-corrected chi connectivity index (χ1v) is 5.85. The van der Waals surface area contributed by atoms with E-state index in [0.717, 1.165) is 5.69 Å². The number of hydrogen-bond donors (Lipinski definition) is 0. The molecular formula is C13H15N3O2. The Morgan fingerprint density at radius 3 is 2.61 bits per heavy atom. The van der Waals surface area contributed by atoms with Crippen molar-refractivity contribution in [3.05, 3.63) is 42.0 Å². The van der Waals surface area contributed by atoms with E-state index in [9.17, 15) is 4.79 Å². The van der Waals surface area contributed by atoms with Gasteiger partial charge in [-0.05, 0) is 19.1 Å². The topological polar surface area (TPSA) is 59.2 Å². The summed E-state index contributed by atoms with van der Waals surface area (Å²) in [5, 5.41) is 3.73. The quantitative estimate of drug-likeness (QED) is 0.826. The van der Waals surface area contributed by atoms with E-state index >= 15 is 0 Å². The smallest absolute Gasteiger partial charge is 0.234 e.